The van der Waals surface area contributed by atoms with Gasteiger partial charge in [0.1, 0.15) is 11.5 Å². The first-order valence-corrected chi connectivity index (χ1v) is 10.7. The highest BCUT2D eigenvalue weighted by Gasteiger charge is 2.20. The van der Waals surface area contributed by atoms with Gasteiger partial charge in [0, 0.05) is 5.41 Å². The Balaban J connectivity index is 1.55. The van der Waals surface area contributed by atoms with E-state index in [4.69, 9.17) is 4.42 Å². The summed E-state index contributed by atoms with van der Waals surface area (Å²) in [6, 6.07) is 6.63. The van der Waals surface area contributed by atoms with Crippen molar-refractivity contribution in [1.29, 1.82) is 0 Å². The molecule has 0 bridgehead atoms. The zero-order chi connectivity index (χ0) is 20.3. The molecule has 8 heteroatoms. The van der Waals surface area contributed by atoms with Crippen LogP contribution in [-0.4, -0.2) is 21.0 Å². The molecule has 1 unspecified atom stereocenters. The van der Waals surface area contributed by atoms with E-state index in [1.54, 1.807) is 48.4 Å². The Hall–Kier alpha value is -2.32. The van der Waals surface area contributed by atoms with E-state index in [9.17, 15) is 9.90 Å². The number of rotatable bonds is 6. The average Bonchev–Trinajstić information content (AvgIpc) is 3.29. The lowest BCUT2D eigenvalue weighted by Gasteiger charge is -2.12. The van der Waals surface area contributed by atoms with E-state index in [1.807, 2.05) is 6.92 Å². The monoisotopic (exact) mass is 417 g/mol. The molecule has 0 radical (unpaired) electrons. The molecule has 0 aliphatic rings. The number of benzene rings is 1. The van der Waals surface area contributed by atoms with Gasteiger partial charge in [-0.25, -0.2) is 9.97 Å². The van der Waals surface area contributed by atoms with Gasteiger partial charge in [-0.15, -0.1) is 11.8 Å². The molecule has 2 aromatic heterocycles. The number of hydrogen-bond donors (Lipinski definition) is 2. The van der Waals surface area contributed by atoms with Crippen molar-refractivity contribution in [2.24, 2.45) is 0 Å². The molecule has 0 saturated heterocycles. The molecule has 1 aromatic carbocycles. The van der Waals surface area contributed by atoms with Crippen LogP contribution in [0.3, 0.4) is 0 Å². The summed E-state index contributed by atoms with van der Waals surface area (Å²) in [5.74, 6) is 1.84. The number of aromatic nitrogens is 2. The molecule has 3 rings (SSSR count). The van der Waals surface area contributed by atoms with Gasteiger partial charge in [-0.3, -0.25) is 4.79 Å². The van der Waals surface area contributed by atoms with Gasteiger partial charge in [-0.05, 0) is 24.6 Å². The standard InChI is InChI=1S/C20H23N3O3S2/c1-12(13-5-7-14(24)8-6-13)18(25)23-19-22-10-17(28-19)27-11-16-21-9-15(26-16)20(2,3)4/h5-10,12,24H,11H2,1-4H3,(H,22,23,25). The van der Waals surface area contributed by atoms with Crippen molar-refractivity contribution in [2.45, 2.75) is 49.0 Å². The summed E-state index contributed by atoms with van der Waals surface area (Å²) in [6.07, 6.45) is 3.52. The van der Waals surface area contributed by atoms with Crippen molar-refractivity contribution in [1.82, 2.24) is 9.97 Å². The highest BCUT2D eigenvalue weighted by atomic mass is 32.2. The molecular weight excluding hydrogens is 394 g/mol. The quantitative estimate of drug-likeness (QED) is 0.538. The number of thiazole rings is 1. The first kappa shape index (κ1) is 20.4. The second-order valence-corrected chi connectivity index (χ2v) is 9.75. The predicted octanol–water partition coefficient (Wildman–Crippen LogP) is 5.17. The second-order valence-electron chi connectivity index (χ2n) is 7.44. The zero-order valence-electron chi connectivity index (χ0n) is 16.2. The fourth-order valence-corrected chi connectivity index (χ4v) is 4.10. The van der Waals surface area contributed by atoms with E-state index in [-0.39, 0.29) is 23.0 Å². The minimum Gasteiger partial charge on any atom is -0.508 e. The van der Waals surface area contributed by atoms with Crippen LogP contribution in [0.25, 0.3) is 0 Å². The third kappa shape index (κ3) is 5.14. The Morgan fingerprint density at radius 2 is 1.96 bits per heavy atom. The van der Waals surface area contributed by atoms with Gasteiger partial charge in [0.2, 0.25) is 11.8 Å². The minimum absolute atomic E-state index is 0.0634. The maximum absolute atomic E-state index is 12.4. The van der Waals surface area contributed by atoms with Crippen molar-refractivity contribution in [3.8, 4) is 5.75 Å². The molecule has 3 aromatic rings. The number of anilines is 1. The number of aromatic hydroxyl groups is 1. The number of nitrogens with one attached hydrogen (secondary N) is 1. The highest BCUT2D eigenvalue weighted by Crippen LogP contribution is 2.32. The summed E-state index contributed by atoms with van der Waals surface area (Å²) in [5, 5.41) is 12.8. The third-order valence-electron chi connectivity index (χ3n) is 4.13. The molecule has 28 heavy (non-hydrogen) atoms. The van der Waals surface area contributed by atoms with Gasteiger partial charge in [-0.2, -0.15) is 0 Å². The topological polar surface area (TPSA) is 88.3 Å². The van der Waals surface area contributed by atoms with E-state index in [1.165, 1.54) is 11.3 Å². The van der Waals surface area contributed by atoms with E-state index in [0.717, 1.165) is 15.5 Å². The first-order chi connectivity index (χ1) is 13.2. The number of amides is 1. The molecule has 2 N–H and O–H groups in total. The molecule has 0 fully saturated rings. The summed E-state index contributed by atoms with van der Waals surface area (Å²) in [6.45, 7) is 8.07. The van der Waals surface area contributed by atoms with E-state index in [2.05, 4.69) is 36.1 Å². The SMILES string of the molecule is CC(C(=O)Nc1ncc(SCc2ncc(C(C)(C)C)o2)s1)c1ccc(O)cc1. The van der Waals surface area contributed by atoms with Crippen LogP contribution in [0.15, 0.2) is 45.3 Å². The van der Waals surface area contributed by atoms with Gasteiger partial charge >= 0.3 is 0 Å². The van der Waals surface area contributed by atoms with Crippen molar-refractivity contribution < 1.29 is 14.3 Å². The molecule has 0 saturated carbocycles. The van der Waals surface area contributed by atoms with Crippen LogP contribution in [0.1, 0.15) is 50.8 Å². The van der Waals surface area contributed by atoms with Gasteiger partial charge in [-0.1, -0.05) is 44.2 Å². The van der Waals surface area contributed by atoms with Crippen molar-refractivity contribution in [3.63, 3.8) is 0 Å². The average molecular weight is 418 g/mol. The number of hydrogen-bond acceptors (Lipinski definition) is 7. The number of phenolic OH excluding ortho intramolecular Hbond substituents is 1. The smallest absolute Gasteiger partial charge is 0.233 e. The largest absolute Gasteiger partial charge is 0.508 e. The number of phenols is 1. The van der Waals surface area contributed by atoms with Crippen molar-refractivity contribution in [2.75, 3.05) is 5.32 Å². The van der Waals surface area contributed by atoms with E-state index in [0.29, 0.717) is 16.8 Å². The summed E-state index contributed by atoms with van der Waals surface area (Å²) in [4.78, 5) is 21.0. The highest BCUT2D eigenvalue weighted by molar-refractivity contribution is 8.00. The van der Waals surface area contributed by atoms with Gasteiger partial charge < -0.3 is 14.8 Å². The lowest BCUT2D eigenvalue weighted by molar-refractivity contribution is -0.117. The summed E-state index contributed by atoms with van der Waals surface area (Å²) in [7, 11) is 0. The Kier molecular flexibility index (Phi) is 6.10. The summed E-state index contributed by atoms with van der Waals surface area (Å²) >= 11 is 2.99. The number of nitrogens with zero attached hydrogens (tertiary/aromatic N) is 2. The van der Waals surface area contributed by atoms with Crippen LogP contribution in [0.2, 0.25) is 0 Å². The maximum atomic E-state index is 12.4. The van der Waals surface area contributed by atoms with Crippen LogP contribution in [0, 0.1) is 0 Å². The maximum Gasteiger partial charge on any atom is 0.233 e. The van der Waals surface area contributed by atoms with Gasteiger partial charge in [0.05, 0.1) is 28.3 Å². The van der Waals surface area contributed by atoms with E-state index < -0.39 is 0 Å². The normalized spacial score (nSPS) is 12.7. The number of oxazole rings is 1. The van der Waals surface area contributed by atoms with Crippen molar-refractivity contribution in [3.05, 3.63) is 53.9 Å². The fourth-order valence-electron chi connectivity index (χ4n) is 2.37. The molecule has 1 atom stereocenters. The molecular formula is C20H23N3O3S2. The van der Waals surface area contributed by atoms with Crippen LogP contribution in [-0.2, 0) is 16.0 Å². The van der Waals surface area contributed by atoms with Crippen LogP contribution in [0.5, 0.6) is 5.75 Å². The molecule has 148 valence electrons. The van der Waals surface area contributed by atoms with Gasteiger partial charge in [0.15, 0.2) is 5.13 Å². The number of thioether (sulfide) groups is 1. The second kappa shape index (κ2) is 8.36. The Labute approximate surface area is 172 Å². The number of carbonyl (C=O) groups excluding carboxylic acids is 1. The third-order valence-corrected chi connectivity index (χ3v) is 6.22. The van der Waals surface area contributed by atoms with E-state index >= 15 is 0 Å². The van der Waals surface area contributed by atoms with Gasteiger partial charge in [0.25, 0.3) is 0 Å². The molecule has 6 nitrogen and oxygen atoms in total. The molecule has 0 aliphatic carbocycles. The molecule has 2 heterocycles. The predicted molar refractivity (Wildman–Crippen MR) is 112 cm³/mol. The molecule has 1 amide bonds. The Morgan fingerprint density at radius 1 is 1.25 bits per heavy atom. The Bertz CT molecular complexity index is 942. The van der Waals surface area contributed by atoms with Crippen molar-refractivity contribution >= 4 is 34.1 Å². The van der Waals surface area contributed by atoms with Crippen LogP contribution >= 0.6 is 23.1 Å². The first-order valence-electron chi connectivity index (χ1n) is 8.86. The fraction of sp³-hybridized carbons (Fsp3) is 0.350. The minimum atomic E-state index is -0.344. The summed E-state index contributed by atoms with van der Waals surface area (Å²) in [5.41, 5.74) is 0.770. The number of carbonyl (C=O) groups is 1. The van der Waals surface area contributed by atoms with Crippen LogP contribution in [0.4, 0.5) is 5.13 Å². The zero-order valence-corrected chi connectivity index (χ0v) is 17.9. The molecule has 0 spiro atoms. The molecule has 0 aliphatic heterocycles. The Morgan fingerprint density at radius 3 is 2.61 bits per heavy atom. The summed E-state index contributed by atoms with van der Waals surface area (Å²) < 4.78 is 6.77. The van der Waals surface area contributed by atoms with Crippen LogP contribution < -0.4 is 5.32 Å². The lowest BCUT2D eigenvalue weighted by Crippen LogP contribution is -2.18. The lowest BCUT2D eigenvalue weighted by atomic mass is 9.94.